The fourth-order valence-electron chi connectivity index (χ4n) is 5.57. The fourth-order valence-corrected chi connectivity index (χ4v) is 6.59. The molecule has 5 rings (SSSR count). The first kappa shape index (κ1) is 31.1. The molecule has 2 aromatic heterocycles. The number of benzene rings is 3. The number of nitrogens with one attached hydrogen (secondary N) is 2. The summed E-state index contributed by atoms with van der Waals surface area (Å²) >= 11 is 1.59. The third-order valence-electron chi connectivity index (χ3n) is 7.78. The van der Waals surface area contributed by atoms with Crippen LogP contribution in [0.2, 0.25) is 0 Å². The van der Waals surface area contributed by atoms with Gasteiger partial charge in [0.05, 0.1) is 0 Å². The number of amides is 2. The summed E-state index contributed by atoms with van der Waals surface area (Å²) in [6.07, 6.45) is 0.242. The van der Waals surface area contributed by atoms with E-state index in [1.807, 2.05) is 101 Å². The number of hydrogen-bond acceptors (Lipinski definition) is 6. The van der Waals surface area contributed by atoms with Gasteiger partial charge >= 0.3 is 5.63 Å². The van der Waals surface area contributed by atoms with Crippen molar-refractivity contribution in [1.29, 1.82) is 0 Å². The van der Waals surface area contributed by atoms with E-state index in [-0.39, 0.29) is 30.7 Å². The van der Waals surface area contributed by atoms with Crippen LogP contribution in [0.3, 0.4) is 0 Å². The highest BCUT2D eigenvalue weighted by atomic mass is 32.2. The van der Waals surface area contributed by atoms with E-state index in [0.29, 0.717) is 22.5 Å². The molecule has 0 fully saturated rings. The first-order chi connectivity index (χ1) is 21.1. The molecule has 1 atom stereocenters. The maximum absolute atomic E-state index is 13.2. The number of furan rings is 1. The van der Waals surface area contributed by atoms with Crippen molar-refractivity contribution in [3.63, 3.8) is 0 Å². The molecule has 5 aromatic rings. The van der Waals surface area contributed by atoms with Crippen molar-refractivity contribution in [1.82, 2.24) is 10.6 Å². The van der Waals surface area contributed by atoms with Gasteiger partial charge in [-0.1, -0.05) is 60.7 Å². The molecule has 0 radical (unpaired) electrons. The summed E-state index contributed by atoms with van der Waals surface area (Å²) in [6, 6.07) is 21.3. The minimum absolute atomic E-state index is 0.0488. The molecular formula is C36H38N2O5S. The van der Waals surface area contributed by atoms with Crippen molar-refractivity contribution in [2.45, 2.75) is 65.3 Å². The summed E-state index contributed by atoms with van der Waals surface area (Å²) in [5.74, 6) is 1.43. The molecule has 8 heteroatoms. The first-order valence-electron chi connectivity index (χ1n) is 14.9. The molecule has 44 heavy (non-hydrogen) atoms. The van der Waals surface area contributed by atoms with E-state index in [0.717, 1.165) is 50.1 Å². The monoisotopic (exact) mass is 610 g/mol. The lowest BCUT2D eigenvalue weighted by atomic mass is 9.96. The van der Waals surface area contributed by atoms with E-state index in [4.69, 9.17) is 8.83 Å². The summed E-state index contributed by atoms with van der Waals surface area (Å²) in [7, 11) is 0. The maximum Gasteiger partial charge on any atom is 0.339 e. The molecule has 3 aromatic carbocycles. The van der Waals surface area contributed by atoms with Crippen LogP contribution in [-0.4, -0.2) is 29.7 Å². The SMILES string of the molecule is Cc1oc2c(C)c3oc(=O)c(CCC(=O)NC(CSCc4ccccc4)C(=O)NC(C)C)c(C)c3cc2c1-c1ccccc1. The van der Waals surface area contributed by atoms with Crippen LogP contribution < -0.4 is 16.3 Å². The van der Waals surface area contributed by atoms with Crippen molar-refractivity contribution < 1.29 is 18.4 Å². The van der Waals surface area contributed by atoms with Crippen molar-refractivity contribution in [3.8, 4) is 11.1 Å². The Morgan fingerprint density at radius 3 is 2.18 bits per heavy atom. The van der Waals surface area contributed by atoms with Gasteiger partial charge in [0.1, 0.15) is 23.0 Å². The van der Waals surface area contributed by atoms with Gasteiger partial charge in [0, 0.05) is 51.4 Å². The normalized spacial score (nSPS) is 12.1. The molecule has 0 aliphatic heterocycles. The molecule has 2 heterocycles. The molecule has 0 saturated heterocycles. The highest BCUT2D eigenvalue weighted by molar-refractivity contribution is 7.98. The Hall–Kier alpha value is -4.30. The van der Waals surface area contributed by atoms with Crippen LogP contribution in [0, 0.1) is 20.8 Å². The summed E-state index contributed by atoms with van der Waals surface area (Å²) in [4.78, 5) is 39.2. The van der Waals surface area contributed by atoms with Crippen molar-refractivity contribution in [3.05, 3.63) is 105 Å². The lowest BCUT2D eigenvalue weighted by molar-refractivity contribution is -0.128. The highest BCUT2D eigenvalue weighted by Gasteiger charge is 2.24. The second kappa shape index (κ2) is 13.6. The lowest BCUT2D eigenvalue weighted by Crippen LogP contribution is -2.50. The van der Waals surface area contributed by atoms with Crippen molar-refractivity contribution in [2.75, 3.05) is 5.75 Å². The van der Waals surface area contributed by atoms with Gasteiger partial charge in [0.2, 0.25) is 11.8 Å². The van der Waals surface area contributed by atoms with Crippen LogP contribution in [0.5, 0.6) is 0 Å². The average molecular weight is 611 g/mol. The van der Waals surface area contributed by atoms with E-state index >= 15 is 0 Å². The molecule has 0 bridgehead atoms. The number of aryl methyl sites for hydroxylation is 3. The van der Waals surface area contributed by atoms with Crippen LogP contribution in [0.4, 0.5) is 0 Å². The zero-order valence-corrected chi connectivity index (χ0v) is 26.6. The number of hydrogen-bond donors (Lipinski definition) is 2. The molecule has 228 valence electrons. The van der Waals surface area contributed by atoms with E-state index in [1.165, 1.54) is 0 Å². The van der Waals surface area contributed by atoms with Crippen molar-refractivity contribution >= 4 is 45.5 Å². The van der Waals surface area contributed by atoms with Crippen molar-refractivity contribution in [2.24, 2.45) is 0 Å². The summed E-state index contributed by atoms with van der Waals surface area (Å²) in [5, 5.41) is 7.57. The van der Waals surface area contributed by atoms with Crippen LogP contribution in [0.15, 0.2) is 80.4 Å². The van der Waals surface area contributed by atoms with Gasteiger partial charge < -0.3 is 19.5 Å². The third-order valence-corrected chi connectivity index (χ3v) is 8.88. The smallest absolute Gasteiger partial charge is 0.339 e. The van der Waals surface area contributed by atoms with E-state index < -0.39 is 11.7 Å². The zero-order valence-electron chi connectivity index (χ0n) is 25.8. The number of carbonyl (C=O) groups is 2. The second-order valence-electron chi connectivity index (χ2n) is 11.4. The number of fused-ring (bicyclic) bond motifs is 2. The molecule has 7 nitrogen and oxygen atoms in total. The Kier molecular flexibility index (Phi) is 9.59. The molecule has 2 N–H and O–H groups in total. The molecule has 2 amide bonds. The minimum Gasteiger partial charge on any atom is -0.460 e. The Balaban J connectivity index is 1.37. The van der Waals surface area contributed by atoms with Crippen LogP contribution >= 0.6 is 11.8 Å². The Morgan fingerprint density at radius 2 is 1.50 bits per heavy atom. The minimum atomic E-state index is -0.690. The van der Waals surface area contributed by atoms with E-state index in [2.05, 4.69) is 10.6 Å². The molecular weight excluding hydrogens is 572 g/mol. The van der Waals surface area contributed by atoms with Gasteiger partial charge in [-0.05, 0) is 63.8 Å². The van der Waals surface area contributed by atoms with E-state index in [9.17, 15) is 14.4 Å². The molecule has 0 spiro atoms. The lowest BCUT2D eigenvalue weighted by Gasteiger charge is -2.20. The highest BCUT2D eigenvalue weighted by Crippen LogP contribution is 2.39. The molecule has 1 unspecified atom stereocenters. The van der Waals surface area contributed by atoms with Gasteiger partial charge in [0.25, 0.3) is 0 Å². The number of thioether (sulfide) groups is 1. The number of carbonyl (C=O) groups excluding carboxylic acids is 2. The summed E-state index contributed by atoms with van der Waals surface area (Å²) in [6.45, 7) is 9.51. The molecule has 0 aliphatic rings. The predicted octanol–water partition coefficient (Wildman–Crippen LogP) is 7.01. The fraction of sp³-hybridized carbons (Fsp3) is 0.306. The quantitative estimate of drug-likeness (QED) is 0.156. The van der Waals surface area contributed by atoms with Crippen LogP contribution in [-0.2, 0) is 21.8 Å². The Morgan fingerprint density at radius 1 is 0.841 bits per heavy atom. The topological polar surface area (TPSA) is 102 Å². The standard InChI is InChI=1S/C36H38N2O5S/c1-21(2)37-35(40)30(20-44-19-25-12-8-6-9-13-25)38-31(39)17-16-27-22(3)28-18-29-32(26-14-10-7-11-15-26)24(5)42-34(29)23(4)33(28)43-36(27)41/h6-15,18,21,30H,16-17,19-20H2,1-5H3,(H,37,40)(H,38,39). The molecule has 0 aliphatic carbocycles. The predicted molar refractivity (Wildman–Crippen MR) is 178 cm³/mol. The summed E-state index contributed by atoms with van der Waals surface area (Å²) in [5.41, 5.74) is 5.92. The Labute approximate surface area is 261 Å². The zero-order chi connectivity index (χ0) is 31.4. The van der Waals surface area contributed by atoms with Gasteiger partial charge in [-0.15, -0.1) is 0 Å². The van der Waals surface area contributed by atoms with Crippen LogP contribution in [0.25, 0.3) is 33.1 Å². The van der Waals surface area contributed by atoms with Gasteiger partial charge in [-0.25, -0.2) is 4.79 Å². The average Bonchev–Trinajstić information content (AvgIpc) is 3.34. The third kappa shape index (κ3) is 6.76. The van der Waals surface area contributed by atoms with Gasteiger partial charge in [-0.2, -0.15) is 11.8 Å². The molecule has 0 saturated carbocycles. The van der Waals surface area contributed by atoms with Gasteiger partial charge in [-0.3, -0.25) is 9.59 Å². The number of rotatable bonds is 11. The van der Waals surface area contributed by atoms with Gasteiger partial charge in [0.15, 0.2) is 0 Å². The summed E-state index contributed by atoms with van der Waals surface area (Å²) < 4.78 is 12.0. The Bertz CT molecular complexity index is 1860. The van der Waals surface area contributed by atoms with Crippen LogP contribution in [0.1, 0.15) is 48.3 Å². The van der Waals surface area contributed by atoms with E-state index in [1.54, 1.807) is 11.8 Å². The maximum atomic E-state index is 13.2. The largest absolute Gasteiger partial charge is 0.460 e. The first-order valence-corrected chi connectivity index (χ1v) is 16.0. The second-order valence-corrected chi connectivity index (χ2v) is 12.5.